The molecular formula is C9H12N4O2S. The average Bonchev–Trinajstić information content (AvgIpc) is 2.55. The molecule has 0 aromatic carbocycles. The van der Waals surface area contributed by atoms with Crippen LogP contribution in [-0.4, -0.2) is 36.7 Å². The highest BCUT2D eigenvalue weighted by atomic mass is 32.2. The van der Waals surface area contributed by atoms with Gasteiger partial charge in [-0.05, 0) is 12.1 Å². The summed E-state index contributed by atoms with van der Waals surface area (Å²) in [6.45, 7) is 0. The maximum Gasteiger partial charge on any atom is 0.179 e. The first kappa shape index (κ1) is 10.9. The zero-order valence-corrected chi connectivity index (χ0v) is 9.80. The monoisotopic (exact) mass is 240 g/mol. The van der Waals surface area contributed by atoms with E-state index in [2.05, 4.69) is 20.3 Å². The quantitative estimate of drug-likeness (QED) is 0.817. The third-order valence-corrected chi connectivity index (χ3v) is 2.85. The Morgan fingerprint density at radius 1 is 1.38 bits per heavy atom. The lowest BCUT2D eigenvalue weighted by Crippen LogP contribution is -2.02. The maximum absolute atomic E-state index is 11.1. The molecule has 2 N–H and O–H groups in total. The first-order valence-electron chi connectivity index (χ1n) is 4.69. The lowest BCUT2D eigenvalue weighted by molar-refractivity contribution is 0.600. The summed E-state index contributed by atoms with van der Waals surface area (Å²) < 4.78 is 22.2. The number of hydrogen-bond acceptors (Lipinski definition) is 5. The number of aromatic nitrogens is 3. The van der Waals surface area contributed by atoms with Crippen LogP contribution in [0.2, 0.25) is 0 Å². The molecule has 0 saturated heterocycles. The van der Waals surface area contributed by atoms with Crippen molar-refractivity contribution in [2.24, 2.45) is 0 Å². The van der Waals surface area contributed by atoms with Crippen LogP contribution < -0.4 is 5.32 Å². The minimum absolute atomic E-state index is 0.0990. The summed E-state index contributed by atoms with van der Waals surface area (Å²) >= 11 is 0. The summed E-state index contributed by atoms with van der Waals surface area (Å²) in [5, 5.41) is 2.89. The molecule has 0 spiro atoms. The van der Waals surface area contributed by atoms with Gasteiger partial charge in [0.15, 0.2) is 15.5 Å². The van der Waals surface area contributed by atoms with E-state index in [4.69, 9.17) is 0 Å². The largest absolute Gasteiger partial charge is 0.373 e. The minimum atomic E-state index is -3.08. The predicted octanol–water partition coefficient (Wildman–Crippen LogP) is 0.544. The van der Waals surface area contributed by atoms with Crippen molar-refractivity contribution in [3.05, 3.63) is 18.0 Å². The molecule has 6 nitrogen and oxygen atoms in total. The summed E-state index contributed by atoms with van der Waals surface area (Å²) in [5.41, 5.74) is 1.25. The molecule has 0 atom stereocenters. The van der Waals surface area contributed by atoms with Crippen LogP contribution in [0.1, 0.15) is 5.82 Å². The number of fused-ring (bicyclic) bond motifs is 1. The van der Waals surface area contributed by atoms with Crippen molar-refractivity contribution in [2.45, 2.75) is 5.75 Å². The Balaban J connectivity index is 2.44. The summed E-state index contributed by atoms with van der Waals surface area (Å²) in [4.78, 5) is 11.2. The summed E-state index contributed by atoms with van der Waals surface area (Å²) in [5.74, 6) is 1.02. The van der Waals surface area contributed by atoms with Crippen LogP contribution in [0.15, 0.2) is 12.1 Å². The first-order chi connectivity index (χ1) is 7.48. The Bertz CT molecular complexity index is 617. The number of anilines is 1. The molecular weight excluding hydrogens is 228 g/mol. The van der Waals surface area contributed by atoms with Gasteiger partial charge in [-0.3, -0.25) is 0 Å². The van der Waals surface area contributed by atoms with E-state index in [1.165, 1.54) is 6.26 Å². The van der Waals surface area contributed by atoms with Crippen LogP contribution >= 0.6 is 0 Å². The Kier molecular flexibility index (Phi) is 2.55. The van der Waals surface area contributed by atoms with Crippen molar-refractivity contribution in [3.63, 3.8) is 0 Å². The van der Waals surface area contributed by atoms with Gasteiger partial charge >= 0.3 is 0 Å². The van der Waals surface area contributed by atoms with Gasteiger partial charge in [0.05, 0.1) is 5.52 Å². The molecule has 7 heteroatoms. The Hall–Kier alpha value is -1.63. The third-order valence-electron chi connectivity index (χ3n) is 2.05. The molecule has 2 rings (SSSR count). The van der Waals surface area contributed by atoms with Crippen molar-refractivity contribution in [1.29, 1.82) is 0 Å². The van der Waals surface area contributed by atoms with Crippen molar-refractivity contribution < 1.29 is 8.42 Å². The Labute approximate surface area is 93.0 Å². The molecule has 0 radical (unpaired) electrons. The zero-order chi connectivity index (χ0) is 11.8. The van der Waals surface area contributed by atoms with Gasteiger partial charge in [0, 0.05) is 13.3 Å². The highest BCUT2D eigenvalue weighted by Gasteiger charge is 2.10. The summed E-state index contributed by atoms with van der Waals surface area (Å²) in [6.07, 6.45) is 1.17. The van der Waals surface area contributed by atoms with E-state index in [1.807, 2.05) is 6.07 Å². The number of rotatable bonds is 3. The molecule has 86 valence electrons. The predicted molar refractivity (Wildman–Crippen MR) is 62.0 cm³/mol. The van der Waals surface area contributed by atoms with E-state index < -0.39 is 9.84 Å². The fourth-order valence-corrected chi connectivity index (χ4v) is 2.03. The maximum atomic E-state index is 11.1. The summed E-state index contributed by atoms with van der Waals surface area (Å²) in [6, 6.07) is 3.61. The first-order valence-corrected chi connectivity index (χ1v) is 6.75. The fraction of sp³-hybridized carbons (Fsp3) is 0.333. The molecule has 2 aromatic heterocycles. The van der Waals surface area contributed by atoms with Gasteiger partial charge < -0.3 is 10.3 Å². The second-order valence-electron chi connectivity index (χ2n) is 3.57. The van der Waals surface area contributed by atoms with E-state index in [-0.39, 0.29) is 5.75 Å². The van der Waals surface area contributed by atoms with Crippen molar-refractivity contribution >= 4 is 26.8 Å². The van der Waals surface area contributed by atoms with Crippen LogP contribution in [0.4, 0.5) is 5.82 Å². The van der Waals surface area contributed by atoms with E-state index in [1.54, 1.807) is 13.1 Å². The number of nitrogens with one attached hydrogen (secondary N) is 2. The number of nitrogens with zero attached hydrogens (tertiary/aromatic N) is 2. The molecule has 0 bridgehead atoms. The summed E-state index contributed by atoms with van der Waals surface area (Å²) in [7, 11) is -1.32. The SMILES string of the molecule is CNc1ccc2[nH]c(CS(C)(=O)=O)nc2n1. The highest BCUT2D eigenvalue weighted by molar-refractivity contribution is 7.89. The smallest absolute Gasteiger partial charge is 0.179 e. The van der Waals surface area contributed by atoms with E-state index >= 15 is 0 Å². The molecule has 0 amide bonds. The number of aromatic amines is 1. The Morgan fingerprint density at radius 2 is 2.12 bits per heavy atom. The molecule has 16 heavy (non-hydrogen) atoms. The number of hydrogen-bond donors (Lipinski definition) is 2. The molecule has 0 saturated carbocycles. The minimum Gasteiger partial charge on any atom is -0.373 e. The topological polar surface area (TPSA) is 87.7 Å². The standard InChI is InChI=1S/C9H12N4O2S/c1-10-7-4-3-6-9(12-7)13-8(11-6)5-16(2,14)15/h3-4H,5H2,1-2H3,(H2,10,11,12,13). The Morgan fingerprint density at radius 3 is 2.75 bits per heavy atom. The van der Waals surface area contributed by atoms with Crippen LogP contribution in [-0.2, 0) is 15.6 Å². The number of pyridine rings is 1. The molecule has 0 aliphatic heterocycles. The van der Waals surface area contributed by atoms with Crippen molar-refractivity contribution in [1.82, 2.24) is 15.0 Å². The lowest BCUT2D eigenvalue weighted by Gasteiger charge is -1.95. The van der Waals surface area contributed by atoms with Gasteiger partial charge in [-0.25, -0.2) is 18.4 Å². The number of H-pyrrole nitrogens is 1. The fourth-order valence-electron chi connectivity index (χ4n) is 1.40. The van der Waals surface area contributed by atoms with Crippen molar-refractivity contribution in [3.8, 4) is 0 Å². The molecule has 0 aliphatic carbocycles. The van der Waals surface area contributed by atoms with Gasteiger partial charge in [-0.15, -0.1) is 0 Å². The van der Waals surface area contributed by atoms with Gasteiger partial charge in [0.25, 0.3) is 0 Å². The lowest BCUT2D eigenvalue weighted by atomic mass is 10.4. The number of sulfone groups is 1. The van der Waals surface area contributed by atoms with Crippen LogP contribution in [0.25, 0.3) is 11.2 Å². The normalized spacial score (nSPS) is 11.9. The molecule has 2 heterocycles. The van der Waals surface area contributed by atoms with E-state index in [0.717, 1.165) is 5.52 Å². The molecule has 0 fully saturated rings. The van der Waals surface area contributed by atoms with Gasteiger partial charge in [0.1, 0.15) is 17.4 Å². The van der Waals surface area contributed by atoms with Gasteiger partial charge in [-0.2, -0.15) is 0 Å². The van der Waals surface area contributed by atoms with Crippen LogP contribution in [0, 0.1) is 0 Å². The zero-order valence-electron chi connectivity index (χ0n) is 8.98. The molecule has 0 unspecified atom stereocenters. The van der Waals surface area contributed by atoms with E-state index in [9.17, 15) is 8.42 Å². The van der Waals surface area contributed by atoms with Gasteiger partial charge in [0.2, 0.25) is 0 Å². The number of imidazole rings is 1. The second kappa shape index (κ2) is 3.75. The average molecular weight is 240 g/mol. The van der Waals surface area contributed by atoms with Gasteiger partial charge in [-0.1, -0.05) is 0 Å². The second-order valence-corrected chi connectivity index (χ2v) is 5.71. The van der Waals surface area contributed by atoms with Crippen LogP contribution in [0.5, 0.6) is 0 Å². The van der Waals surface area contributed by atoms with Crippen molar-refractivity contribution in [2.75, 3.05) is 18.6 Å². The molecule has 2 aromatic rings. The highest BCUT2D eigenvalue weighted by Crippen LogP contribution is 2.13. The molecule has 0 aliphatic rings. The third kappa shape index (κ3) is 2.30. The van der Waals surface area contributed by atoms with E-state index in [0.29, 0.717) is 17.3 Å². The van der Waals surface area contributed by atoms with Crippen LogP contribution in [0.3, 0.4) is 0 Å².